The summed E-state index contributed by atoms with van der Waals surface area (Å²) in [6.45, 7) is 1.75. The van der Waals surface area contributed by atoms with E-state index in [1.54, 1.807) is 0 Å². The van der Waals surface area contributed by atoms with Crippen LogP contribution in [0.4, 0.5) is 52.7 Å². The molecule has 6 nitrogen and oxygen atoms in total. The van der Waals surface area contributed by atoms with Crippen LogP contribution in [-0.4, -0.2) is 70.8 Å². The van der Waals surface area contributed by atoms with Crippen LogP contribution in [0, 0.1) is 0 Å². The average Bonchev–Trinajstić information content (AvgIpc) is 2.77. The molecule has 39 heavy (non-hydrogen) atoms. The van der Waals surface area contributed by atoms with Crippen molar-refractivity contribution in [1.29, 1.82) is 0 Å². The van der Waals surface area contributed by atoms with Gasteiger partial charge in [0.15, 0.2) is 5.54 Å². The lowest BCUT2D eigenvalue weighted by atomic mass is 9.84. The van der Waals surface area contributed by atoms with Gasteiger partial charge in [-0.25, -0.2) is 4.79 Å². The number of ether oxygens (including phenoxy) is 2. The van der Waals surface area contributed by atoms with Crippen LogP contribution in [0.3, 0.4) is 0 Å². The van der Waals surface area contributed by atoms with E-state index in [0.29, 0.717) is 25.5 Å². The molecule has 0 aliphatic carbocycles. The molecule has 0 aliphatic heterocycles. The SMILES string of the molecule is C=COC(=O)C(N)(CC(F)(F)F)C(O)C(O)CCCCCCCCCOC(F)(F)C(F)(F)C(F)(F)C(F)(F)F. The van der Waals surface area contributed by atoms with E-state index in [1.807, 2.05) is 0 Å². The fraction of sp³-hybridized carbons (Fsp3) is 0.857. The molecular formula is C21H29F12NO5. The van der Waals surface area contributed by atoms with E-state index < -0.39 is 67.1 Å². The number of esters is 1. The van der Waals surface area contributed by atoms with Crippen molar-refractivity contribution < 1.29 is 77.2 Å². The van der Waals surface area contributed by atoms with E-state index >= 15 is 0 Å². The van der Waals surface area contributed by atoms with E-state index in [1.165, 1.54) is 0 Å². The minimum atomic E-state index is -7.04. The number of aliphatic hydroxyl groups is 2. The maximum atomic E-state index is 13.2. The number of rotatable bonds is 18. The molecule has 0 aromatic rings. The smallest absolute Gasteiger partial charge is 0.434 e. The topological polar surface area (TPSA) is 102 Å². The van der Waals surface area contributed by atoms with Gasteiger partial charge in [-0.1, -0.05) is 45.1 Å². The molecular weight excluding hydrogens is 574 g/mol. The first-order valence-corrected chi connectivity index (χ1v) is 11.4. The lowest BCUT2D eigenvalue weighted by molar-refractivity contribution is -0.444. The minimum absolute atomic E-state index is 0.0389. The van der Waals surface area contributed by atoms with Crippen LogP contribution in [-0.2, 0) is 14.3 Å². The van der Waals surface area contributed by atoms with E-state index in [4.69, 9.17) is 5.73 Å². The van der Waals surface area contributed by atoms with Crippen molar-refractivity contribution in [2.45, 2.75) is 106 Å². The Hall–Kier alpha value is -1.79. The number of carbonyl (C=O) groups excluding carboxylic acids is 1. The normalized spacial score (nSPS) is 16.9. The number of halogens is 12. The van der Waals surface area contributed by atoms with E-state index in [0.717, 1.165) is 0 Å². The molecule has 0 aromatic carbocycles. The fourth-order valence-corrected chi connectivity index (χ4v) is 3.31. The Bertz CT molecular complexity index is 775. The molecule has 0 fully saturated rings. The second-order valence-corrected chi connectivity index (χ2v) is 8.69. The molecule has 4 N–H and O–H groups in total. The summed E-state index contributed by atoms with van der Waals surface area (Å²) in [4.78, 5) is 11.8. The van der Waals surface area contributed by atoms with Crippen molar-refractivity contribution in [3.05, 3.63) is 12.8 Å². The number of nitrogens with two attached hydrogens (primary N) is 1. The summed E-state index contributed by atoms with van der Waals surface area (Å²) in [7, 11) is 0. The summed E-state index contributed by atoms with van der Waals surface area (Å²) in [5.41, 5.74) is 2.40. The van der Waals surface area contributed by atoms with Gasteiger partial charge in [0, 0.05) is 0 Å². The van der Waals surface area contributed by atoms with Crippen molar-refractivity contribution >= 4 is 5.97 Å². The number of alkyl halides is 12. The molecule has 3 atom stereocenters. The van der Waals surface area contributed by atoms with Crippen molar-refractivity contribution in [1.82, 2.24) is 0 Å². The summed E-state index contributed by atoms with van der Waals surface area (Å²) < 4.78 is 160. The molecule has 0 heterocycles. The lowest BCUT2D eigenvalue weighted by Crippen LogP contribution is -2.63. The van der Waals surface area contributed by atoms with Crippen LogP contribution in [0.2, 0.25) is 0 Å². The standard InChI is InChI=1S/C21H29F12NO5/c1-2-38-15(37)16(34,12-17(22,23)24)14(36)13(35)10-8-6-4-3-5-7-9-11-39-21(32,33)19(27,28)18(25,26)20(29,30)31/h2,13-14,35-36H,1,3-12,34H2. The van der Waals surface area contributed by atoms with Gasteiger partial charge in [-0.15, -0.1) is 0 Å². The zero-order valence-corrected chi connectivity index (χ0v) is 20.2. The van der Waals surface area contributed by atoms with E-state index in [2.05, 4.69) is 16.1 Å². The summed E-state index contributed by atoms with van der Waals surface area (Å²) in [6.07, 6.45) is -22.9. The third kappa shape index (κ3) is 10.3. The van der Waals surface area contributed by atoms with Crippen LogP contribution in [0.15, 0.2) is 12.8 Å². The summed E-state index contributed by atoms with van der Waals surface area (Å²) in [6, 6.07) is 0. The molecule has 3 unspecified atom stereocenters. The molecule has 0 radical (unpaired) electrons. The molecule has 0 amide bonds. The zero-order valence-electron chi connectivity index (χ0n) is 20.2. The molecule has 0 spiro atoms. The maximum absolute atomic E-state index is 13.2. The van der Waals surface area contributed by atoms with Gasteiger partial charge >= 0.3 is 36.3 Å². The first-order chi connectivity index (χ1) is 17.5. The van der Waals surface area contributed by atoms with Gasteiger partial charge in [-0.2, -0.15) is 52.7 Å². The van der Waals surface area contributed by atoms with Gasteiger partial charge in [0.05, 0.1) is 25.4 Å². The Balaban J connectivity index is 4.46. The monoisotopic (exact) mass is 603 g/mol. The Morgan fingerprint density at radius 1 is 0.795 bits per heavy atom. The Labute approximate surface area is 215 Å². The molecule has 0 bridgehead atoms. The fourth-order valence-electron chi connectivity index (χ4n) is 3.31. The predicted molar refractivity (Wildman–Crippen MR) is 110 cm³/mol. The van der Waals surface area contributed by atoms with Gasteiger partial charge in [0.1, 0.15) is 6.10 Å². The Morgan fingerprint density at radius 3 is 1.69 bits per heavy atom. The molecule has 18 heteroatoms. The molecule has 0 saturated carbocycles. The third-order valence-corrected chi connectivity index (χ3v) is 5.50. The summed E-state index contributed by atoms with van der Waals surface area (Å²) in [5, 5.41) is 20.1. The molecule has 0 saturated heterocycles. The number of hydrogen-bond acceptors (Lipinski definition) is 6. The highest BCUT2D eigenvalue weighted by molar-refractivity contribution is 5.82. The van der Waals surface area contributed by atoms with Crippen LogP contribution in [0.5, 0.6) is 0 Å². The van der Waals surface area contributed by atoms with Crippen LogP contribution >= 0.6 is 0 Å². The largest absolute Gasteiger partial charge is 0.460 e. The van der Waals surface area contributed by atoms with Crippen molar-refractivity contribution in [3.63, 3.8) is 0 Å². The molecule has 0 aliphatic rings. The zero-order chi connectivity index (χ0) is 30.9. The second kappa shape index (κ2) is 14.2. The molecule has 232 valence electrons. The maximum Gasteiger partial charge on any atom is 0.460 e. The first kappa shape index (κ1) is 37.2. The first-order valence-electron chi connectivity index (χ1n) is 11.4. The van der Waals surface area contributed by atoms with Gasteiger partial charge in [0.2, 0.25) is 0 Å². The Morgan fingerprint density at radius 2 is 1.26 bits per heavy atom. The van der Waals surface area contributed by atoms with Gasteiger partial charge in [-0.05, 0) is 12.8 Å². The highest BCUT2D eigenvalue weighted by atomic mass is 19.4. The van der Waals surface area contributed by atoms with Gasteiger partial charge in [0.25, 0.3) is 0 Å². The summed E-state index contributed by atoms with van der Waals surface area (Å²) in [5.74, 6) is -15.6. The third-order valence-electron chi connectivity index (χ3n) is 5.50. The van der Waals surface area contributed by atoms with Crippen LogP contribution in [0.1, 0.15) is 57.8 Å². The molecule has 0 rings (SSSR count). The van der Waals surface area contributed by atoms with Crippen molar-refractivity contribution in [2.24, 2.45) is 5.73 Å². The predicted octanol–water partition coefficient (Wildman–Crippen LogP) is 5.61. The quantitative estimate of drug-likeness (QED) is 0.0816. The van der Waals surface area contributed by atoms with Crippen molar-refractivity contribution in [3.8, 4) is 0 Å². The van der Waals surface area contributed by atoms with Gasteiger partial charge < -0.3 is 25.4 Å². The molecule has 0 aromatic heterocycles. The van der Waals surface area contributed by atoms with Crippen molar-refractivity contribution in [2.75, 3.05) is 6.61 Å². The van der Waals surface area contributed by atoms with Crippen LogP contribution in [0.25, 0.3) is 0 Å². The van der Waals surface area contributed by atoms with E-state index in [-0.39, 0.29) is 32.1 Å². The number of hydrogen-bond donors (Lipinski definition) is 3. The lowest BCUT2D eigenvalue weighted by Gasteiger charge is -2.34. The summed E-state index contributed by atoms with van der Waals surface area (Å²) >= 11 is 0. The van der Waals surface area contributed by atoms with E-state index in [9.17, 15) is 67.7 Å². The average molecular weight is 603 g/mol. The highest BCUT2D eigenvalue weighted by Crippen LogP contribution is 2.53. The second-order valence-electron chi connectivity index (χ2n) is 8.69. The highest BCUT2D eigenvalue weighted by Gasteiger charge is 2.82. The van der Waals surface area contributed by atoms with Crippen LogP contribution < -0.4 is 5.73 Å². The number of carbonyl (C=O) groups is 1. The number of aliphatic hydroxyl groups excluding tert-OH is 2. The minimum Gasteiger partial charge on any atom is -0.434 e. The Kier molecular flexibility index (Phi) is 13.6. The number of unbranched alkanes of at least 4 members (excludes halogenated alkanes) is 6. The van der Waals surface area contributed by atoms with Gasteiger partial charge in [-0.3, -0.25) is 0 Å².